The van der Waals surface area contributed by atoms with Gasteiger partial charge in [-0.2, -0.15) is 13.9 Å². The van der Waals surface area contributed by atoms with Gasteiger partial charge in [-0.15, -0.1) is 0 Å². The Morgan fingerprint density at radius 1 is 1.21 bits per heavy atom. The van der Waals surface area contributed by atoms with Crippen LogP contribution in [0.3, 0.4) is 0 Å². The van der Waals surface area contributed by atoms with Crippen LogP contribution in [0, 0.1) is 11.7 Å². The molecule has 1 N–H and O–H groups in total. The molecule has 0 aliphatic heterocycles. The van der Waals surface area contributed by atoms with Crippen LogP contribution in [-0.2, 0) is 17.9 Å². The van der Waals surface area contributed by atoms with Gasteiger partial charge in [-0.1, -0.05) is 35.9 Å². The van der Waals surface area contributed by atoms with Crippen LogP contribution in [0.2, 0.25) is 0 Å². The van der Waals surface area contributed by atoms with Crippen molar-refractivity contribution in [1.29, 1.82) is 0 Å². The number of benzene rings is 2. The van der Waals surface area contributed by atoms with Gasteiger partial charge in [0.05, 0.1) is 6.61 Å². The lowest BCUT2D eigenvalue weighted by Crippen LogP contribution is -2.27. The molecule has 0 bridgehead atoms. The van der Waals surface area contributed by atoms with Crippen molar-refractivity contribution < 1.29 is 23.0 Å². The Hall–Kier alpha value is -3.27. The molecule has 7 nitrogen and oxygen atoms in total. The largest absolute Gasteiger partial charge is 0.490 e. The SMILES string of the molecule is CCOc1cc(CN(C)C(=O)CCn2c(-c3ccc(C)cc3)n[nH]c2=S)ccc1OC(F)F. The molecule has 10 heteroatoms. The van der Waals surface area contributed by atoms with Gasteiger partial charge in [0, 0.05) is 32.1 Å². The third-order valence-electron chi connectivity index (χ3n) is 4.99. The first-order valence-electron chi connectivity index (χ1n) is 10.4. The number of aromatic nitrogens is 3. The lowest BCUT2D eigenvalue weighted by atomic mass is 10.1. The summed E-state index contributed by atoms with van der Waals surface area (Å²) in [6.45, 7) is 1.76. The smallest absolute Gasteiger partial charge is 0.387 e. The van der Waals surface area contributed by atoms with Crippen molar-refractivity contribution in [3.05, 3.63) is 58.4 Å². The van der Waals surface area contributed by atoms with E-state index >= 15 is 0 Å². The molecule has 3 rings (SSSR count). The van der Waals surface area contributed by atoms with Crippen LogP contribution >= 0.6 is 12.2 Å². The number of aromatic amines is 1. The maximum atomic E-state index is 12.8. The van der Waals surface area contributed by atoms with E-state index in [-0.39, 0.29) is 30.4 Å². The summed E-state index contributed by atoms with van der Waals surface area (Å²) in [5.41, 5.74) is 2.78. The van der Waals surface area contributed by atoms with Crippen molar-refractivity contribution in [1.82, 2.24) is 19.7 Å². The number of nitrogens with zero attached hydrogens (tertiary/aromatic N) is 3. The highest BCUT2D eigenvalue weighted by atomic mass is 32.1. The van der Waals surface area contributed by atoms with Crippen molar-refractivity contribution in [3.63, 3.8) is 0 Å². The highest BCUT2D eigenvalue weighted by Crippen LogP contribution is 2.30. The Bertz CT molecular complexity index is 1150. The summed E-state index contributed by atoms with van der Waals surface area (Å²) in [7, 11) is 1.68. The predicted molar refractivity (Wildman–Crippen MR) is 123 cm³/mol. The second kappa shape index (κ2) is 11.0. The molecule has 176 valence electrons. The second-order valence-electron chi connectivity index (χ2n) is 7.46. The van der Waals surface area contributed by atoms with E-state index < -0.39 is 6.61 Å². The van der Waals surface area contributed by atoms with Gasteiger partial charge >= 0.3 is 6.61 Å². The average Bonchev–Trinajstić information content (AvgIpc) is 3.14. The number of halogens is 2. The van der Waals surface area contributed by atoms with E-state index in [0.717, 1.165) is 16.7 Å². The van der Waals surface area contributed by atoms with E-state index in [4.69, 9.17) is 17.0 Å². The van der Waals surface area contributed by atoms with E-state index in [9.17, 15) is 13.6 Å². The number of carbonyl (C=O) groups excluding carboxylic acids is 1. The van der Waals surface area contributed by atoms with Crippen LogP contribution in [0.15, 0.2) is 42.5 Å². The summed E-state index contributed by atoms with van der Waals surface area (Å²) in [4.78, 5) is 14.3. The Kier molecular flexibility index (Phi) is 8.16. The molecule has 0 radical (unpaired) electrons. The molecule has 2 aromatic carbocycles. The molecule has 1 aromatic heterocycles. The van der Waals surface area contributed by atoms with Gasteiger partial charge in [0.15, 0.2) is 22.1 Å². The van der Waals surface area contributed by atoms with Gasteiger partial charge in [0.1, 0.15) is 0 Å². The Balaban J connectivity index is 1.66. The molecule has 0 spiro atoms. The first-order valence-corrected chi connectivity index (χ1v) is 10.9. The first-order chi connectivity index (χ1) is 15.8. The minimum Gasteiger partial charge on any atom is -0.490 e. The Labute approximate surface area is 195 Å². The molecule has 1 heterocycles. The molecule has 0 aliphatic carbocycles. The summed E-state index contributed by atoms with van der Waals surface area (Å²) < 4.78 is 37.3. The third-order valence-corrected chi connectivity index (χ3v) is 5.30. The number of hydrogen-bond donors (Lipinski definition) is 1. The maximum Gasteiger partial charge on any atom is 0.387 e. The number of aryl methyl sites for hydroxylation is 1. The van der Waals surface area contributed by atoms with E-state index in [2.05, 4.69) is 14.9 Å². The molecular formula is C23H26F2N4O3S. The van der Waals surface area contributed by atoms with Crippen LogP contribution < -0.4 is 9.47 Å². The third kappa shape index (κ3) is 6.38. The average molecular weight is 477 g/mol. The molecule has 0 aliphatic rings. The van der Waals surface area contributed by atoms with Gasteiger partial charge in [-0.3, -0.25) is 14.5 Å². The number of carbonyl (C=O) groups is 1. The summed E-state index contributed by atoms with van der Waals surface area (Å²) >= 11 is 5.34. The minimum atomic E-state index is -2.95. The molecule has 0 fully saturated rings. The number of hydrogen-bond acceptors (Lipinski definition) is 5. The van der Waals surface area contributed by atoms with Crippen molar-refractivity contribution in [2.45, 2.75) is 40.0 Å². The molecule has 0 saturated carbocycles. The van der Waals surface area contributed by atoms with E-state index in [1.54, 1.807) is 35.6 Å². The van der Waals surface area contributed by atoms with Crippen molar-refractivity contribution in [2.75, 3.05) is 13.7 Å². The topological polar surface area (TPSA) is 72.4 Å². The standard InChI is InChI=1S/C23H26F2N4O3S/c1-4-31-19-13-16(7-10-18(19)32-22(24)25)14-28(3)20(30)11-12-29-21(26-27-23(29)33)17-8-5-15(2)6-9-17/h5-10,13,22H,4,11-12,14H2,1-3H3,(H,27,33). The summed E-state index contributed by atoms with van der Waals surface area (Å²) in [6, 6.07) is 12.6. The van der Waals surface area contributed by atoms with Crippen molar-refractivity contribution in [3.8, 4) is 22.9 Å². The van der Waals surface area contributed by atoms with Gasteiger partial charge in [-0.05, 0) is 43.8 Å². The molecular weight excluding hydrogens is 450 g/mol. The number of H-pyrrole nitrogens is 1. The predicted octanol–water partition coefficient (Wildman–Crippen LogP) is 4.96. The summed E-state index contributed by atoms with van der Waals surface area (Å²) in [5, 5.41) is 7.10. The van der Waals surface area contributed by atoms with Crippen LogP contribution in [0.1, 0.15) is 24.5 Å². The normalized spacial score (nSPS) is 11.0. The molecule has 33 heavy (non-hydrogen) atoms. The molecule has 3 aromatic rings. The Morgan fingerprint density at radius 2 is 1.94 bits per heavy atom. The zero-order valence-corrected chi connectivity index (χ0v) is 19.5. The summed E-state index contributed by atoms with van der Waals surface area (Å²) in [6.07, 6.45) is 0.216. The number of rotatable bonds is 10. The number of ether oxygens (including phenoxy) is 2. The van der Waals surface area contributed by atoms with Crippen LogP contribution in [-0.4, -0.2) is 45.8 Å². The second-order valence-corrected chi connectivity index (χ2v) is 7.85. The highest BCUT2D eigenvalue weighted by Gasteiger charge is 2.16. The zero-order valence-electron chi connectivity index (χ0n) is 18.7. The van der Waals surface area contributed by atoms with E-state index in [1.807, 2.05) is 31.2 Å². The first kappa shape index (κ1) is 24.4. The van der Waals surface area contributed by atoms with Crippen molar-refractivity contribution in [2.24, 2.45) is 0 Å². The summed E-state index contributed by atoms with van der Waals surface area (Å²) in [5.74, 6) is 0.747. The van der Waals surface area contributed by atoms with Gasteiger partial charge in [0.2, 0.25) is 5.91 Å². The van der Waals surface area contributed by atoms with Crippen molar-refractivity contribution >= 4 is 18.1 Å². The van der Waals surface area contributed by atoms with Gasteiger partial charge in [-0.25, -0.2) is 0 Å². The fourth-order valence-corrected chi connectivity index (χ4v) is 3.54. The number of alkyl halides is 2. The quantitative estimate of drug-likeness (QED) is 0.419. The van der Waals surface area contributed by atoms with E-state index in [0.29, 0.717) is 23.7 Å². The number of nitrogens with one attached hydrogen (secondary N) is 1. The monoisotopic (exact) mass is 476 g/mol. The van der Waals surface area contributed by atoms with Gasteiger partial charge in [0.25, 0.3) is 0 Å². The fraction of sp³-hybridized carbons (Fsp3) is 0.348. The molecule has 0 atom stereocenters. The molecule has 0 saturated heterocycles. The number of amides is 1. The Morgan fingerprint density at radius 3 is 2.61 bits per heavy atom. The van der Waals surface area contributed by atoms with Crippen LogP contribution in [0.4, 0.5) is 8.78 Å². The van der Waals surface area contributed by atoms with Gasteiger partial charge < -0.3 is 14.4 Å². The zero-order chi connectivity index (χ0) is 24.0. The lowest BCUT2D eigenvalue weighted by Gasteiger charge is -2.19. The maximum absolute atomic E-state index is 12.8. The lowest BCUT2D eigenvalue weighted by molar-refractivity contribution is -0.130. The minimum absolute atomic E-state index is 0.0393. The van der Waals surface area contributed by atoms with Crippen LogP contribution in [0.25, 0.3) is 11.4 Å². The highest BCUT2D eigenvalue weighted by molar-refractivity contribution is 7.71. The molecule has 1 amide bonds. The fourth-order valence-electron chi connectivity index (χ4n) is 3.32. The molecule has 0 unspecified atom stereocenters. The van der Waals surface area contributed by atoms with Crippen LogP contribution in [0.5, 0.6) is 11.5 Å². The van der Waals surface area contributed by atoms with E-state index in [1.165, 1.54) is 6.07 Å².